The van der Waals surface area contributed by atoms with Crippen LogP contribution in [0.4, 0.5) is 0 Å². The van der Waals surface area contributed by atoms with Gasteiger partial charge in [0, 0.05) is 21.3 Å². The lowest BCUT2D eigenvalue weighted by Crippen LogP contribution is -2.33. The van der Waals surface area contributed by atoms with Gasteiger partial charge < -0.3 is 29.0 Å². The van der Waals surface area contributed by atoms with Gasteiger partial charge in [0.25, 0.3) is 0 Å². The monoisotopic (exact) mass is 307 g/mol. The van der Waals surface area contributed by atoms with Crippen molar-refractivity contribution in [3.05, 3.63) is 0 Å². The predicted molar refractivity (Wildman–Crippen MR) is 82.9 cm³/mol. The van der Waals surface area contributed by atoms with Crippen LogP contribution in [0.15, 0.2) is 0 Å². The summed E-state index contributed by atoms with van der Waals surface area (Å²) in [6.07, 6.45) is 1.03. The summed E-state index contributed by atoms with van der Waals surface area (Å²) in [5, 5.41) is 3.29. The molecule has 0 rings (SSSR count). The van der Waals surface area contributed by atoms with Crippen molar-refractivity contribution in [1.29, 1.82) is 0 Å². The molecule has 0 spiro atoms. The van der Waals surface area contributed by atoms with E-state index < -0.39 is 0 Å². The maximum atomic E-state index is 5.95. The number of ether oxygens (including phenoxy) is 5. The molecule has 0 heterocycles. The van der Waals surface area contributed by atoms with E-state index in [1.54, 1.807) is 21.3 Å². The Bertz CT molecular complexity index is 218. The van der Waals surface area contributed by atoms with Crippen molar-refractivity contribution in [2.24, 2.45) is 0 Å². The molecule has 0 aliphatic heterocycles. The van der Waals surface area contributed by atoms with E-state index in [0.29, 0.717) is 26.4 Å². The van der Waals surface area contributed by atoms with Crippen LogP contribution in [-0.2, 0) is 23.7 Å². The Morgan fingerprint density at radius 3 is 2.10 bits per heavy atom. The van der Waals surface area contributed by atoms with Crippen LogP contribution < -0.4 is 5.32 Å². The summed E-state index contributed by atoms with van der Waals surface area (Å²) in [6, 6.07) is 0. The van der Waals surface area contributed by atoms with E-state index in [1.807, 2.05) is 0 Å². The highest BCUT2D eigenvalue weighted by molar-refractivity contribution is 4.62. The first-order chi connectivity index (χ1) is 10.2. The summed E-state index contributed by atoms with van der Waals surface area (Å²) < 4.78 is 27.1. The second-order valence-electron chi connectivity index (χ2n) is 5.02. The van der Waals surface area contributed by atoms with Crippen molar-refractivity contribution in [3.63, 3.8) is 0 Å². The lowest BCUT2D eigenvalue weighted by atomic mass is 10.2. The zero-order chi connectivity index (χ0) is 15.9. The average Bonchev–Trinajstić information content (AvgIpc) is 2.46. The van der Waals surface area contributed by atoms with E-state index in [9.17, 15) is 0 Å². The Kier molecular flexibility index (Phi) is 14.5. The molecule has 0 aromatic heterocycles. The van der Waals surface area contributed by atoms with Gasteiger partial charge in [0.05, 0.1) is 32.5 Å². The maximum absolute atomic E-state index is 5.95. The highest BCUT2D eigenvalue weighted by atomic mass is 16.6. The Hall–Kier alpha value is -0.240. The number of hydrogen-bond donors (Lipinski definition) is 1. The third-order valence-electron chi connectivity index (χ3n) is 3.05. The van der Waals surface area contributed by atoms with Crippen LogP contribution in [0.3, 0.4) is 0 Å². The van der Waals surface area contributed by atoms with Gasteiger partial charge in [0.2, 0.25) is 0 Å². The first-order valence-corrected chi connectivity index (χ1v) is 7.62. The number of hydrogen-bond acceptors (Lipinski definition) is 6. The normalized spacial score (nSPS) is 15.9. The zero-order valence-electron chi connectivity index (χ0n) is 14.2. The Morgan fingerprint density at radius 2 is 1.52 bits per heavy atom. The Morgan fingerprint density at radius 1 is 0.905 bits per heavy atom. The summed E-state index contributed by atoms with van der Waals surface area (Å²) in [6.45, 7) is 8.12. The second-order valence-corrected chi connectivity index (χ2v) is 5.02. The molecule has 0 radical (unpaired) electrons. The van der Waals surface area contributed by atoms with E-state index in [-0.39, 0.29) is 18.3 Å². The van der Waals surface area contributed by atoms with Crippen molar-refractivity contribution in [2.45, 2.75) is 38.6 Å². The third-order valence-corrected chi connectivity index (χ3v) is 3.05. The molecule has 0 bridgehead atoms. The molecular formula is C15H33NO5. The molecule has 0 aromatic carbocycles. The minimum Gasteiger partial charge on any atom is -0.382 e. The third kappa shape index (κ3) is 12.0. The van der Waals surface area contributed by atoms with E-state index in [4.69, 9.17) is 23.7 Å². The molecule has 6 heteroatoms. The smallest absolute Gasteiger partial charge is 0.104 e. The quantitative estimate of drug-likeness (QED) is 0.457. The van der Waals surface area contributed by atoms with Crippen LogP contribution in [-0.4, -0.2) is 79.2 Å². The van der Waals surface area contributed by atoms with Crippen LogP contribution >= 0.6 is 0 Å². The highest BCUT2D eigenvalue weighted by Gasteiger charge is 2.15. The van der Waals surface area contributed by atoms with Crippen LogP contribution in [0.2, 0.25) is 0 Å². The van der Waals surface area contributed by atoms with Gasteiger partial charge in [0.1, 0.15) is 12.2 Å². The average molecular weight is 307 g/mol. The van der Waals surface area contributed by atoms with Gasteiger partial charge in [-0.25, -0.2) is 0 Å². The number of nitrogens with one attached hydrogen (secondary N) is 1. The number of rotatable bonds is 15. The lowest BCUT2D eigenvalue weighted by Gasteiger charge is -2.23. The Labute approximate surface area is 129 Å². The minimum atomic E-state index is -0.0633. The van der Waals surface area contributed by atoms with Gasteiger partial charge >= 0.3 is 0 Å². The van der Waals surface area contributed by atoms with Gasteiger partial charge in [-0.05, 0) is 26.4 Å². The summed E-state index contributed by atoms with van der Waals surface area (Å²) in [5.41, 5.74) is 0. The fourth-order valence-corrected chi connectivity index (χ4v) is 1.89. The van der Waals surface area contributed by atoms with Crippen LogP contribution in [0, 0.1) is 0 Å². The van der Waals surface area contributed by atoms with Gasteiger partial charge in [-0.2, -0.15) is 0 Å². The van der Waals surface area contributed by atoms with E-state index >= 15 is 0 Å². The fraction of sp³-hybridized carbons (Fsp3) is 1.00. The summed E-state index contributed by atoms with van der Waals surface area (Å²) >= 11 is 0. The second kappa shape index (κ2) is 14.7. The summed E-state index contributed by atoms with van der Waals surface area (Å²) in [5.74, 6) is 0. The van der Waals surface area contributed by atoms with Gasteiger partial charge in [-0.15, -0.1) is 0 Å². The molecular weight excluding hydrogens is 274 g/mol. The van der Waals surface area contributed by atoms with E-state index in [2.05, 4.69) is 19.2 Å². The topological polar surface area (TPSA) is 58.2 Å². The lowest BCUT2D eigenvalue weighted by molar-refractivity contribution is -0.0987. The van der Waals surface area contributed by atoms with Gasteiger partial charge in [-0.3, -0.25) is 0 Å². The summed E-state index contributed by atoms with van der Waals surface area (Å²) in [4.78, 5) is 0. The highest BCUT2D eigenvalue weighted by Crippen LogP contribution is 2.04. The van der Waals surface area contributed by atoms with Crippen molar-refractivity contribution in [2.75, 3.05) is 60.8 Å². The van der Waals surface area contributed by atoms with Gasteiger partial charge in [-0.1, -0.05) is 6.92 Å². The first-order valence-electron chi connectivity index (χ1n) is 7.62. The molecule has 0 saturated heterocycles. The van der Waals surface area contributed by atoms with Crippen molar-refractivity contribution >= 4 is 0 Å². The minimum absolute atomic E-state index is 0.0515. The summed E-state index contributed by atoms with van der Waals surface area (Å²) in [7, 11) is 4.97. The zero-order valence-corrected chi connectivity index (χ0v) is 14.2. The maximum Gasteiger partial charge on any atom is 0.104 e. The van der Waals surface area contributed by atoms with Crippen molar-refractivity contribution in [1.82, 2.24) is 5.32 Å². The molecule has 6 nitrogen and oxygen atoms in total. The fourth-order valence-electron chi connectivity index (χ4n) is 1.89. The molecule has 0 fully saturated rings. The molecule has 0 aromatic rings. The predicted octanol–water partition coefficient (Wildman–Crippen LogP) is 1.08. The Balaban J connectivity index is 3.94. The number of methoxy groups -OCH3 is 3. The van der Waals surface area contributed by atoms with Crippen molar-refractivity contribution < 1.29 is 23.7 Å². The van der Waals surface area contributed by atoms with E-state index in [1.165, 1.54) is 0 Å². The molecule has 0 aliphatic rings. The molecule has 0 aliphatic carbocycles. The largest absolute Gasteiger partial charge is 0.382 e. The molecule has 128 valence electrons. The van der Waals surface area contributed by atoms with Crippen LogP contribution in [0.25, 0.3) is 0 Å². The van der Waals surface area contributed by atoms with Crippen molar-refractivity contribution in [3.8, 4) is 0 Å². The van der Waals surface area contributed by atoms with Crippen LogP contribution in [0.5, 0.6) is 0 Å². The van der Waals surface area contributed by atoms with E-state index in [0.717, 1.165) is 19.5 Å². The molecule has 0 amide bonds. The molecule has 3 atom stereocenters. The SMILES string of the molecule is CCNCCC(C)OC(COC)COCC(COC)OC. The molecule has 3 unspecified atom stereocenters. The van der Waals surface area contributed by atoms with Gasteiger partial charge in [0.15, 0.2) is 0 Å². The molecule has 1 N–H and O–H groups in total. The molecule has 21 heavy (non-hydrogen) atoms. The molecule has 0 saturated carbocycles. The first kappa shape index (κ1) is 20.8. The van der Waals surface area contributed by atoms with Crippen LogP contribution in [0.1, 0.15) is 20.3 Å². The standard InChI is InChI=1S/C15H33NO5/c1-6-16-8-7-13(2)21-15(10-18-4)12-20-11-14(19-5)9-17-3/h13-16H,6-12H2,1-5H3.